The van der Waals surface area contributed by atoms with Gasteiger partial charge in [0.2, 0.25) is 10.0 Å². The maximum Gasteiger partial charge on any atom is 0.240 e. The first kappa shape index (κ1) is 15.7. The molecule has 20 heavy (non-hydrogen) atoms. The van der Waals surface area contributed by atoms with Crippen LogP contribution >= 0.6 is 31.9 Å². The van der Waals surface area contributed by atoms with E-state index in [1.807, 2.05) is 6.20 Å². The molecule has 0 unspecified atom stereocenters. The van der Waals surface area contributed by atoms with Gasteiger partial charge in [0.05, 0.1) is 15.6 Å². The van der Waals surface area contributed by atoms with Crippen LogP contribution in [0.4, 0.5) is 0 Å². The molecule has 2 rings (SSSR count). The predicted molar refractivity (Wildman–Crippen MR) is 83.9 cm³/mol. The summed E-state index contributed by atoms with van der Waals surface area (Å²) < 4.78 is 30.1. The van der Waals surface area contributed by atoms with Gasteiger partial charge in [-0.1, -0.05) is 15.9 Å². The van der Waals surface area contributed by atoms with Crippen LogP contribution in [-0.4, -0.2) is 24.7 Å². The first-order valence-corrected chi connectivity index (χ1v) is 8.97. The molecule has 1 heterocycles. The third kappa shape index (κ3) is 4.41. The number of hydrogen-bond acceptors (Lipinski definition) is 3. The van der Waals surface area contributed by atoms with E-state index in [9.17, 15) is 8.42 Å². The second-order valence-electron chi connectivity index (χ2n) is 4.13. The number of aromatic nitrogens is 2. The Morgan fingerprint density at radius 3 is 2.45 bits per heavy atom. The summed E-state index contributed by atoms with van der Waals surface area (Å²) in [4.78, 5) is 0.266. The van der Waals surface area contributed by atoms with Crippen LogP contribution in [0.1, 0.15) is 6.42 Å². The topological polar surface area (TPSA) is 64.0 Å². The van der Waals surface area contributed by atoms with E-state index in [2.05, 4.69) is 41.7 Å². The summed E-state index contributed by atoms with van der Waals surface area (Å²) in [6, 6.07) is 6.54. The molecule has 0 aliphatic heterocycles. The normalized spacial score (nSPS) is 11.7. The first-order chi connectivity index (χ1) is 9.47. The van der Waals surface area contributed by atoms with Gasteiger partial charge in [0.25, 0.3) is 0 Å². The zero-order chi connectivity index (χ0) is 14.6. The summed E-state index contributed by atoms with van der Waals surface area (Å²) in [6.45, 7) is 1.03. The lowest BCUT2D eigenvalue weighted by atomic mass is 10.4. The molecule has 1 aromatic heterocycles. The molecule has 0 saturated heterocycles. The molecule has 1 N–H and O–H groups in total. The fourth-order valence-corrected chi connectivity index (χ4v) is 3.27. The van der Waals surface area contributed by atoms with Gasteiger partial charge in [-0.15, -0.1) is 0 Å². The van der Waals surface area contributed by atoms with Crippen molar-refractivity contribution in [2.45, 2.75) is 17.9 Å². The zero-order valence-corrected chi connectivity index (χ0v) is 14.4. The molecule has 8 heteroatoms. The third-order valence-corrected chi connectivity index (χ3v) is 5.00. The fourth-order valence-electron chi connectivity index (χ4n) is 1.61. The van der Waals surface area contributed by atoms with Crippen LogP contribution in [0, 0.1) is 0 Å². The second kappa shape index (κ2) is 6.84. The van der Waals surface area contributed by atoms with E-state index in [4.69, 9.17) is 0 Å². The molecule has 0 saturated carbocycles. The number of nitrogens with one attached hydrogen (secondary N) is 1. The number of rotatable bonds is 6. The smallest absolute Gasteiger partial charge is 0.240 e. The molecule has 0 fully saturated rings. The van der Waals surface area contributed by atoms with Gasteiger partial charge >= 0.3 is 0 Å². The number of nitrogens with zero attached hydrogens (tertiary/aromatic N) is 2. The van der Waals surface area contributed by atoms with Crippen LogP contribution in [0.15, 0.2) is 50.5 Å². The first-order valence-electron chi connectivity index (χ1n) is 5.90. The minimum atomic E-state index is -3.44. The highest BCUT2D eigenvalue weighted by atomic mass is 79.9. The van der Waals surface area contributed by atoms with Crippen molar-refractivity contribution in [2.24, 2.45) is 0 Å². The maximum absolute atomic E-state index is 12.0. The molecule has 0 spiro atoms. The van der Waals surface area contributed by atoms with Crippen molar-refractivity contribution in [1.29, 1.82) is 0 Å². The fraction of sp³-hybridized carbons (Fsp3) is 0.250. The molecule has 0 amide bonds. The second-order valence-corrected chi connectivity index (χ2v) is 7.73. The molecule has 0 bridgehead atoms. The van der Waals surface area contributed by atoms with Gasteiger partial charge in [-0.2, -0.15) is 5.10 Å². The third-order valence-electron chi connectivity index (χ3n) is 2.58. The Kier molecular flexibility index (Phi) is 5.36. The molecule has 0 aliphatic carbocycles. The Bertz CT molecular complexity index is 668. The Morgan fingerprint density at radius 1 is 1.15 bits per heavy atom. The van der Waals surface area contributed by atoms with Crippen molar-refractivity contribution in [3.8, 4) is 0 Å². The molecule has 2 aromatic rings. The quantitative estimate of drug-likeness (QED) is 0.728. The molecule has 5 nitrogen and oxygen atoms in total. The molecule has 1 aromatic carbocycles. The van der Waals surface area contributed by atoms with E-state index in [0.717, 1.165) is 8.95 Å². The number of sulfonamides is 1. The maximum atomic E-state index is 12.0. The van der Waals surface area contributed by atoms with Crippen LogP contribution in [0.5, 0.6) is 0 Å². The standard InChI is InChI=1S/C12H13Br2N3O2S/c13-10-2-4-12(5-3-10)20(18,19)16-6-1-7-17-9-11(14)8-15-17/h2-5,8-9,16H,1,6-7H2. The van der Waals surface area contributed by atoms with Crippen LogP contribution < -0.4 is 4.72 Å². The summed E-state index contributed by atoms with van der Waals surface area (Å²) in [5.41, 5.74) is 0. The van der Waals surface area contributed by atoms with Crippen molar-refractivity contribution in [2.75, 3.05) is 6.54 Å². The number of hydrogen-bond donors (Lipinski definition) is 1. The summed E-state index contributed by atoms with van der Waals surface area (Å²) >= 11 is 6.59. The Labute approximate surface area is 134 Å². The Balaban J connectivity index is 1.85. The van der Waals surface area contributed by atoms with Gasteiger partial charge < -0.3 is 0 Å². The van der Waals surface area contributed by atoms with E-state index in [-0.39, 0.29) is 4.90 Å². The largest absolute Gasteiger partial charge is 0.272 e. The van der Waals surface area contributed by atoms with E-state index < -0.39 is 10.0 Å². The number of benzene rings is 1. The van der Waals surface area contributed by atoms with E-state index >= 15 is 0 Å². The van der Waals surface area contributed by atoms with Gasteiger partial charge in [-0.05, 0) is 46.6 Å². The summed E-state index contributed by atoms with van der Waals surface area (Å²) in [5, 5.41) is 4.10. The van der Waals surface area contributed by atoms with Crippen molar-refractivity contribution in [3.05, 3.63) is 45.6 Å². The van der Waals surface area contributed by atoms with Crippen LogP contribution in [0.2, 0.25) is 0 Å². The minimum absolute atomic E-state index is 0.266. The highest BCUT2D eigenvalue weighted by Crippen LogP contribution is 2.14. The summed E-state index contributed by atoms with van der Waals surface area (Å²) in [7, 11) is -3.44. The monoisotopic (exact) mass is 421 g/mol. The predicted octanol–water partition coefficient (Wildman–Crippen LogP) is 2.78. The number of halogens is 2. The molecule has 0 atom stereocenters. The average Bonchev–Trinajstić information content (AvgIpc) is 2.81. The Hall–Kier alpha value is -0.700. The van der Waals surface area contributed by atoms with Gasteiger partial charge in [0.1, 0.15) is 0 Å². The van der Waals surface area contributed by atoms with E-state index in [1.54, 1.807) is 35.1 Å². The van der Waals surface area contributed by atoms with Crippen LogP contribution in [-0.2, 0) is 16.6 Å². The summed E-state index contributed by atoms with van der Waals surface area (Å²) in [6.07, 6.45) is 4.22. The van der Waals surface area contributed by atoms with Gasteiger partial charge in [-0.25, -0.2) is 13.1 Å². The van der Waals surface area contributed by atoms with Gasteiger partial charge in [0, 0.05) is 23.8 Å². The number of aryl methyl sites for hydroxylation is 1. The van der Waals surface area contributed by atoms with E-state index in [0.29, 0.717) is 19.5 Å². The molecular formula is C12H13Br2N3O2S. The van der Waals surface area contributed by atoms with Crippen LogP contribution in [0.25, 0.3) is 0 Å². The minimum Gasteiger partial charge on any atom is -0.272 e. The molecule has 0 radical (unpaired) electrons. The molecule has 108 valence electrons. The van der Waals surface area contributed by atoms with Crippen molar-refractivity contribution >= 4 is 41.9 Å². The lowest BCUT2D eigenvalue weighted by Gasteiger charge is -2.07. The van der Waals surface area contributed by atoms with Crippen LogP contribution in [0.3, 0.4) is 0 Å². The van der Waals surface area contributed by atoms with Crippen molar-refractivity contribution in [1.82, 2.24) is 14.5 Å². The lowest BCUT2D eigenvalue weighted by Crippen LogP contribution is -2.25. The highest BCUT2D eigenvalue weighted by Gasteiger charge is 2.12. The van der Waals surface area contributed by atoms with Crippen molar-refractivity contribution < 1.29 is 8.42 Å². The van der Waals surface area contributed by atoms with Gasteiger partial charge in [-0.3, -0.25) is 4.68 Å². The molecule has 0 aliphatic rings. The molecular weight excluding hydrogens is 410 g/mol. The average molecular weight is 423 g/mol. The van der Waals surface area contributed by atoms with E-state index in [1.165, 1.54) is 0 Å². The van der Waals surface area contributed by atoms with Gasteiger partial charge in [0.15, 0.2) is 0 Å². The SMILES string of the molecule is O=S(=O)(NCCCn1cc(Br)cn1)c1ccc(Br)cc1. The lowest BCUT2D eigenvalue weighted by molar-refractivity contribution is 0.553. The summed E-state index contributed by atoms with van der Waals surface area (Å²) in [5.74, 6) is 0. The highest BCUT2D eigenvalue weighted by molar-refractivity contribution is 9.10. The van der Waals surface area contributed by atoms with Crippen molar-refractivity contribution in [3.63, 3.8) is 0 Å². The Morgan fingerprint density at radius 2 is 1.85 bits per heavy atom. The zero-order valence-electron chi connectivity index (χ0n) is 10.5.